The Bertz CT molecular complexity index is 52.5. The third kappa shape index (κ3) is 4.09. The Balaban J connectivity index is 3.10. The van der Waals surface area contributed by atoms with Crippen LogP contribution in [0.15, 0.2) is 0 Å². The van der Waals surface area contributed by atoms with E-state index in [2.05, 4.69) is 13.8 Å². The van der Waals surface area contributed by atoms with Crippen LogP contribution in [0.4, 0.5) is 0 Å². The summed E-state index contributed by atoms with van der Waals surface area (Å²) in [7, 11) is 0. The average Bonchev–Trinajstić information content (AvgIpc) is 1.65. The van der Waals surface area contributed by atoms with Crippen molar-refractivity contribution in [2.24, 2.45) is 0 Å². The van der Waals surface area contributed by atoms with Gasteiger partial charge in [-0.3, -0.25) is 0 Å². The summed E-state index contributed by atoms with van der Waals surface area (Å²) >= 11 is 0. The summed E-state index contributed by atoms with van der Waals surface area (Å²) in [5.41, 5.74) is 0. The second-order valence-corrected chi connectivity index (χ2v) is 1.83. The quantitative estimate of drug-likeness (QED) is 0.551. The molecule has 2 heteroatoms. The lowest BCUT2D eigenvalue weighted by atomic mass is 10.1. The minimum Gasteiger partial charge on any atom is -0.393 e. The molecule has 0 rings (SSSR count). The molecule has 2 unspecified atom stereocenters. The number of hydrogen-bond donors (Lipinski definition) is 2. The van der Waals surface area contributed by atoms with E-state index in [1.165, 1.54) is 0 Å². The van der Waals surface area contributed by atoms with Crippen LogP contribution >= 0.6 is 0 Å². The molecule has 8 heavy (non-hydrogen) atoms. The number of aliphatic hydroxyl groups is 2. The fourth-order valence-electron chi connectivity index (χ4n) is 0.432. The maximum atomic E-state index is 8.77. The van der Waals surface area contributed by atoms with Gasteiger partial charge in [0.1, 0.15) is 0 Å². The van der Waals surface area contributed by atoms with Gasteiger partial charge >= 0.3 is 0 Å². The minimum absolute atomic E-state index is 0.323. The van der Waals surface area contributed by atoms with Crippen molar-refractivity contribution in [3.05, 3.63) is 13.8 Å². The van der Waals surface area contributed by atoms with Gasteiger partial charge in [-0.2, -0.15) is 0 Å². The van der Waals surface area contributed by atoms with Gasteiger partial charge in [-0.25, -0.2) is 0 Å². The van der Waals surface area contributed by atoms with Gasteiger partial charge in [-0.1, -0.05) is 6.92 Å². The summed E-state index contributed by atoms with van der Waals surface area (Å²) in [5.74, 6) is 0. The summed E-state index contributed by atoms with van der Waals surface area (Å²) in [6, 6.07) is 0. The maximum absolute atomic E-state index is 8.77. The van der Waals surface area contributed by atoms with E-state index in [0.29, 0.717) is 12.8 Å². The molecule has 2 atom stereocenters. The molecule has 0 fully saturated rings. The Morgan fingerprint density at radius 2 is 1.88 bits per heavy atom. The molecule has 0 aliphatic carbocycles. The van der Waals surface area contributed by atoms with E-state index in [4.69, 9.17) is 10.2 Å². The van der Waals surface area contributed by atoms with E-state index in [-0.39, 0.29) is 0 Å². The SMILES string of the molecule is [CH2]CC(O)CC([CH2])O. The summed E-state index contributed by atoms with van der Waals surface area (Å²) in [4.78, 5) is 0. The summed E-state index contributed by atoms with van der Waals surface area (Å²) in [6.07, 6.45) is -0.398. The van der Waals surface area contributed by atoms with E-state index < -0.39 is 12.2 Å². The highest BCUT2D eigenvalue weighted by Gasteiger charge is 2.03. The number of aliphatic hydroxyl groups excluding tert-OH is 2. The molecule has 2 radical (unpaired) electrons. The van der Waals surface area contributed by atoms with E-state index in [0.717, 1.165) is 0 Å². The van der Waals surface area contributed by atoms with E-state index in [1.807, 2.05) is 0 Å². The van der Waals surface area contributed by atoms with Crippen LogP contribution in [0.2, 0.25) is 0 Å². The highest BCUT2D eigenvalue weighted by atomic mass is 16.3. The van der Waals surface area contributed by atoms with Gasteiger partial charge in [0.05, 0.1) is 12.2 Å². The maximum Gasteiger partial charge on any atom is 0.0565 e. The Hall–Kier alpha value is -0.0800. The van der Waals surface area contributed by atoms with E-state index in [9.17, 15) is 0 Å². The van der Waals surface area contributed by atoms with Crippen LogP contribution in [0.3, 0.4) is 0 Å². The molecule has 0 heterocycles. The molecule has 0 amide bonds. The van der Waals surface area contributed by atoms with Crippen molar-refractivity contribution in [2.45, 2.75) is 25.0 Å². The van der Waals surface area contributed by atoms with Crippen molar-refractivity contribution in [3.8, 4) is 0 Å². The van der Waals surface area contributed by atoms with Gasteiger partial charge in [0.2, 0.25) is 0 Å². The zero-order chi connectivity index (χ0) is 6.57. The van der Waals surface area contributed by atoms with Crippen LogP contribution in [-0.2, 0) is 0 Å². The first-order valence-electron chi connectivity index (χ1n) is 2.65. The largest absolute Gasteiger partial charge is 0.393 e. The molecule has 2 N–H and O–H groups in total. The summed E-state index contributed by atoms with van der Waals surface area (Å²) in [5, 5.41) is 17.3. The third-order valence-electron chi connectivity index (χ3n) is 0.877. The molecule has 0 aromatic carbocycles. The van der Waals surface area contributed by atoms with Gasteiger partial charge in [0.15, 0.2) is 0 Å². The van der Waals surface area contributed by atoms with Gasteiger partial charge < -0.3 is 10.2 Å². The van der Waals surface area contributed by atoms with Crippen LogP contribution in [0.25, 0.3) is 0 Å². The Kier molecular flexibility index (Phi) is 3.83. The van der Waals surface area contributed by atoms with E-state index >= 15 is 0 Å². The molecular weight excluding hydrogens is 104 g/mol. The van der Waals surface area contributed by atoms with Crippen LogP contribution in [0.5, 0.6) is 0 Å². The minimum atomic E-state index is -0.660. The van der Waals surface area contributed by atoms with Crippen molar-refractivity contribution in [3.63, 3.8) is 0 Å². The molecule has 2 nitrogen and oxygen atoms in total. The van der Waals surface area contributed by atoms with Gasteiger partial charge in [-0.15, -0.1) is 0 Å². The monoisotopic (exact) mass is 116 g/mol. The molecule has 0 saturated heterocycles. The average molecular weight is 116 g/mol. The van der Waals surface area contributed by atoms with Crippen LogP contribution in [0.1, 0.15) is 12.8 Å². The number of hydrogen-bond acceptors (Lipinski definition) is 2. The van der Waals surface area contributed by atoms with Crippen LogP contribution < -0.4 is 0 Å². The van der Waals surface area contributed by atoms with Crippen LogP contribution in [-0.4, -0.2) is 22.4 Å². The molecule has 0 saturated carbocycles. The van der Waals surface area contributed by atoms with Crippen molar-refractivity contribution in [1.82, 2.24) is 0 Å². The molecule has 0 aliphatic rings. The van der Waals surface area contributed by atoms with E-state index in [1.54, 1.807) is 0 Å². The molecule has 0 bridgehead atoms. The topological polar surface area (TPSA) is 40.5 Å². The first-order valence-corrected chi connectivity index (χ1v) is 2.65. The molecule has 0 spiro atoms. The van der Waals surface area contributed by atoms with Gasteiger partial charge in [0.25, 0.3) is 0 Å². The zero-order valence-electron chi connectivity index (χ0n) is 4.88. The first kappa shape index (κ1) is 7.92. The highest BCUT2D eigenvalue weighted by Crippen LogP contribution is 1.99. The summed E-state index contributed by atoms with van der Waals surface area (Å²) < 4.78 is 0. The third-order valence-corrected chi connectivity index (χ3v) is 0.877. The first-order chi connectivity index (χ1) is 3.66. The smallest absolute Gasteiger partial charge is 0.0565 e. The Morgan fingerprint density at radius 1 is 1.38 bits per heavy atom. The van der Waals surface area contributed by atoms with Crippen LogP contribution in [0, 0.1) is 13.8 Å². The summed E-state index contributed by atoms with van der Waals surface area (Å²) in [6.45, 7) is 6.74. The Morgan fingerprint density at radius 3 is 2.00 bits per heavy atom. The zero-order valence-corrected chi connectivity index (χ0v) is 4.88. The lowest BCUT2D eigenvalue weighted by Gasteiger charge is -2.07. The highest BCUT2D eigenvalue weighted by molar-refractivity contribution is 4.64. The second kappa shape index (κ2) is 3.87. The molecule has 0 aliphatic heterocycles. The predicted molar refractivity (Wildman–Crippen MR) is 32.0 cm³/mol. The predicted octanol–water partition coefficient (Wildman–Crippen LogP) is 0.157. The lowest BCUT2D eigenvalue weighted by Crippen LogP contribution is -2.13. The second-order valence-electron chi connectivity index (χ2n) is 1.83. The standard InChI is InChI=1S/C6H12O2/c1-3-6(8)4-5(2)7/h5-8H,1-4H2. The number of rotatable bonds is 3. The molecule has 0 aromatic heterocycles. The fraction of sp³-hybridized carbons (Fsp3) is 0.667. The Labute approximate surface area is 50.2 Å². The molecular formula is C6H12O2. The van der Waals surface area contributed by atoms with Crippen molar-refractivity contribution < 1.29 is 10.2 Å². The van der Waals surface area contributed by atoms with Gasteiger partial charge in [0, 0.05) is 0 Å². The fourth-order valence-corrected chi connectivity index (χ4v) is 0.432. The van der Waals surface area contributed by atoms with Gasteiger partial charge in [-0.05, 0) is 19.8 Å². The van der Waals surface area contributed by atoms with Crippen molar-refractivity contribution >= 4 is 0 Å². The lowest BCUT2D eigenvalue weighted by molar-refractivity contribution is 0.104. The molecule has 48 valence electrons. The normalized spacial score (nSPS) is 18.0. The van der Waals surface area contributed by atoms with Crippen molar-refractivity contribution in [1.29, 1.82) is 0 Å². The van der Waals surface area contributed by atoms with Crippen molar-refractivity contribution in [2.75, 3.05) is 0 Å². The molecule has 0 aromatic rings.